The van der Waals surface area contributed by atoms with Gasteiger partial charge < -0.3 is 5.32 Å². The maximum atomic E-state index is 12.7. The Labute approximate surface area is 131 Å². The van der Waals surface area contributed by atoms with Crippen molar-refractivity contribution >= 4 is 45.0 Å². The first-order valence-electron chi connectivity index (χ1n) is 6.38. The predicted molar refractivity (Wildman–Crippen MR) is 82.9 cm³/mol. The summed E-state index contributed by atoms with van der Waals surface area (Å²) in [5.74, 6) is -0.322. The van der Waals surface area contributed by atoms with E-state index in [0.29, 0.717) is 17.1 Å². The quantitative estimate of drug-likeness (QED) is 0.882. The molecule has 1 unspecified atom stereocenters. The molecule has 0 radical (unpaired) electrons. The Bertz CT molecular complexity index is 574. The summed E-state index contributed by atoms with van der Waals surface area (Å²) in [6.45, 7) is 5.25. The molecule has 0 saturated carbocycles. The molecule has 1 atom stereocenters. The Morgan fingerprint density at radius 1 is 1.40 bits per heavy atom. The summed E-state index contributed by atoms with van der Waals surface area (Å²) in [6, 6.07) is 4.73. The molecule has 0 bridgehead atoms. The smallest absolute Gasteiger partial charge is 0.252 e. The molecular weight excluding hydrogens is 344 g/mol. The zero-order chi connectivity index (χ0) is 15.1. The second-order valence-corrected chi connectivity index (χ2v) is 6.63. The van der Waals surface area contributed by atoms with Gasteiger partial charge in [-0.15, -0.1) is 0 Å². The third kappa shape index (κ3) is 2.56. The maximum Gasteiger partial charge on any atom is 0.252 e. The SMILES string of the molecule is CCC1C(=O)NC(C)(C)C(=O)N1c1cc(Br)ccc1Cl. The van der Waals surface area contributed by atoms with Gasteiger partial charge in [-0.1, -0.05) is 34.5 Å². The van der Waals surface area contributed by atoms with E-state index in [0.717, 1.165) is 4.47 Å². The largest absolute Gasteiger partial charge is 0.340 e. The summed E-state index contributed by atoms with van der Waals surface area (Å²) in [6.07, 6.45) is 0.524. The fraction of sp³-hybridized carbons (Fsp3) is 0.429. The Balaban J connectivity index is 2.57. The number of carbonyl (C=O) groups is 2. The highest BCUT2D eigenvalue weighted by atomic mass is 79.9. The molecule has 108 valence electrons. The van der Waals surface area contributed by atoms with E-state index in [1.165, 1.54) is 4.90 Å². The van der Waals surface area contributed by atoms with Gasteiger partial charge in [0, 0.05) is 4.47 Å². The molecule has 1 N–H and O–H groups in total. The lowest BCUT2D eigenvalue weighted by Crippen LogP contribution is -2.68. The summed E-state index contributed by atoms with van der Waals surface area (Å²) in [7, 11) is 0. The lowest BCUT2D eigenvalue weighted by atomic mass is 9.95. The third-order valence-electron chi connectivity index (χ3n) is 3.36. The van der Waals surface area contributed by atoms with Gasteiger partial charge in [0.05, 0.1) is 10.7 Å². The third-order valence-corrected chi connectivity index (χ3v) is 4.17. The molecule has 1 aliphatic heterocycles. The van der Waals surface area contributed by atoms with Gasteiger partial charge in [0.25, 0.3) is 5.91 Å². The minimum atomic E-state index is -0.936. The van der Waals surface area contributed by atoms with Crippen molar-refractivity contribution in [1.29, 1.82) is 0 Å². The Kier molecular flexibility index (Phi) is 4.12. The molecule has 0 spiro atoms. The van der Waals surface area contributed by atoms with Gasteiger partial charge in [-0.05, 0) is 38.5 Å². The van der Waals surface area contributed by atoms with Crippen molar-refractivity contribution in [2.45, 2.75) is 38.8 Å². The predicted octanol–water partition coefficient (Wildman–Crippen LogP) is 3.12. The van der Waals surface area contributed by atoms with Crippen LogP contribution < -0.4 is 10.2 Å². The van der Waals surface area contributed by atoms with Crippen LogP contribution in [0, 0.1) is 0 Å². The van der Waals surface area contributed by atoms with Crippen molar-refractivity contribution in [1.82, 2.24) is 5.32 Å². The summed E-state index contributed by atoms with van der Waals surface area (Å²) >= 11 is 9.58. The van der Waals surface area contributed by atoms with Crippen molar-refractivity contribution < 1.29 is 9.59 Å². The number of benzene rings is 1. The van der Waals surface area contributed by atoms with Gasteiger partial charge in [0.1, 0.15) is 11.6 Å². The van der Waals surface area contributed by atoms with Gasteiger partial charge in [0.2, 0.25) is 5.91 Å². The molecule has 0 aliphatic carbocycles. The average molecular weight is 360 g/mol. The van der Waals surface area contributed by atoms with Crippen molar-refractivity contribution in [3.8, 4) is 0 Å². The summed E-state index contributed by atoms with van der Waals surface area (Å²) in [4.78, 5) is 26.4. The fourth-order valence-electron chi connectivity index (χ4n) is 2.32. The molecule has 0 aromatic heterocycles. The average Bonchev–Trinajstić information content (AvgIpc) is 2.36. The monoisotopic (exact) mass is 358 g/mol. The van der Waals surface area contributed by atoms with Crippen LogP contribution in [0.25, 0.3) is 0 Å². The Morgan fingerprint density at radius 3 is 2.65 bits per heavy atom. The second-order valence-electron chi connectivity index (χ2n) is 5.31. The van der Waals surface area contributed by atoms with Crippen LogP contribution in [0.3, 0.4) is 0 Å². The van der Waals surface area contributed by atoms with Crippen LogP contribution in [0.15, 0.2) is 22.7 Å². The number of amides is 2. The van der Waals surface area contributed by atoms with Gasteiger partial charge in [-0.2, -0.15) is 0 Å². The molecule has 1 aliphatic rings. The second kappa shape index (κ2) is 5.37. The minimum Gasteiger partial charge on any atom is -0.340 e. The van der Waals surface area contributed by atoms with Gasteiger partial charge >= 0.3 is 0 Å². The first kappa shape index (κ1) is 15.3. The zero-order valence-corrected chi connectivity index (χ0v) is 13.9. The Hall–Kier alpha value is -1.07. The van der Waals surface area contributed by atoms with Crippen LogP contribution in [0.5, 0.6) is 0 Å². The minimum absolute atomic E-state index is 0.159. The topological polar surface area (TPSA) is 49.4 Å². The van der Waals surface area contributed by atoms with E-state index < -0.39 is 11.6 Å². The van der Waals surface area contributed by atoms with Crippen LogP contribution in [-0.4, -0.2) is 23.4 Å². The number of rotatable bonds is 2. The number of nitrogens with zero attached hydrogens (tertiary/aromatic N) is 1. The molecule has 1 aromatic carbocycles. The van der Waals surface area contributed by atoms with Gasteiger partial charge in [-0.25, -0.2) is 0 Å². The summed E-state index contributed by atoms with van der Waals surface area (Å²) in [5.41, 5.74) is -0.380. The number of carbonyl (C=O) groups excluding carboxylic acids is 2. The first-order chi connectivity index (χ1) is 9.27. The van der Waals surface area contributed by atoms with Crippen LogP contribution in [-0.2, 0) is 9.59 Å². The van der Waals surface area contributed by atoms with Crippen LogP contribution in [0.2, 0.25) is 5.02 Å². The number of anilines is 1. The van der Waals surface area contributed by atoms with Crippen LogP contribution in [0.1, 0.15) is 27.2 Å². The number of nitrogens with one attached hydrogen (secondary N) is 1. The van der Waals surface area contributed by atoms with Crippen molar-refractivity contribution in [3.05, 3.63) is 27.7 Å². The van der Waals surface area contributed by atoms with Crippen LogP contribution in [0.4, 0.5) is 5.69 Å². The van der Waals surface area contributed by atoms with E-state index in [9.17, 15) is 9.59 Å². The van der Waals surface area contributed by atoms with E-state index in [1.54, 1.807) is 32.0 Å². The normalized spacial score (nSPS) is 21.9. The van der Waals surface area contributed by atoms with Crippen molar-refractivity contribution in [2.24, 2.45) is 0 Å². The molecule has 1 fully saturated rings. The van der Waals surface area contributed by atoms with Crippen molar-refractivity contribution in [2.75, 3.05) is 4.90 Å². The first-order valence-corrected chi connectivity index (χ1v) is 7.55. The molecule has 1 saturated heterocycles. The number of hydrogen-bond donors (Lipinski definition) is 1. The van der Waals surface area contributed by atoms with Crippen molar-refractivity contribution in [3.63, 3.8) is 0 Å². The molecule has 4 nitrogen and oxygen atoms in total. The van der Waals surface area contributed by atoms with E-state index in [4.69, 9.17) is 11.6 Å². The lowest BCUT2D eigenvalue weighted by molar-refractivity contribution is -0.137. The molecule has 2 amide bonds. The number of piperazine rings is 1. The number of halogens is 2. The van der Waals surface area contributed by atoms with E-state index in [2.05, 4.69) is 21.2 Å². The van der Waals surface area contributed by atoms with Crippen LogP contribution >= 0.6 is 27.5 Å². The van der Waals surface area contributed by atoms with E-state index in [1.807, 2.05) is 6.92 Å². The van der Waals surface area contributed by atoms with Gasteiger partial charge in [-0.3, -0.25) is 14.5 Å². The van der Waals surface area contributed by atoms with E-state index in [-0.39, 0.29) is 11.8 Å². The Morgan fingerprint density at radius 2 is 2.05 bits per heavy atom. The molecule has 2 rings (SSSR count). The highest BCUT2D eigenvalue weighted by Gasteiger charge is 2.45. The van der Waals surface area contributed by atoms with Gasteiger partial charge in [0.15, 0.2) is 0 Å². The zero-order valence-electron chi connectivity index (χ0n) is 11.5. The molecule has 20 heavy (non-hydrogen) atoms. The highest BCUT2D eigenvalue weighted by Crippen LogP contribution is 2.34. The highest BCUT2D eigenvalue weighted by molar-refractivity contribution is 9.10. The molecule has 1 aromatic rings. The fourth-order valence-corrected chi connectivity index (χ4v) is 2.88. The van der Waals surface area contributed by atoms with E-state index >= 15 is 0 Å². The lowest BCUT2D eigenvalue weighted by Gasteiger charge is -2.42. The summed E-state index contributed by atoms with van der Waals surface area (Å²) < 4.78 is 0.809. The molecule has 6 heteroatoms. The number of hydrogen-bond acceptors (Lipinski definition) is 2. The summed E-state index contributed by atoms with van der Waals surface area (Å²) in [5, 5.41) is 3.20. The maximum absolute atomic E-state index is 12.7. The molecular formula is C14H16BrClN2O2. The molecule has 1 heterocycles. The standard InChI is InChI=1S/C14H16BrClN2O2/c1-4-10-12(19)17-14(2,3)13(20)18(10)11-7-8(15)5-6-9(11)16/h5-7,10H,4H2,1-3H3,(H,17,19).